The standard InChI is InChI=1S/C12H14ClN3O/c1-7-6-9(15-16-12(7)14)11-8(13)4-3-5-10(11)17-2/h3-5,7H,6H2,1-2H3,(H2,14,16). The predicted molar refractivity (Wildman–Crippen MR) is 69.9 cm³/mol. The van der Waals surface area contributed by atoms with E-state index in [1.54, 1.807) is 7.11 Å². The van der Waals surface area contributed by atoms with Gasteiger partial charge in [-0.2, -0.15) is 5.10 Å². The van der Waals surface area contributed by atoms with Gasteiger partial charge in [-0.25, -0.2) is 0 Å². The van der Waals surface area contributed by atoms with Gasteiger partial charge in [0.25, 0.3) is 0 Å². The summed E-state index contributed by atoms with van der Waals surface area (Å²) in [5, 5.41) is 8.69. The molecule has 90 valence electrons. The van der Waals surface area contributed by atoms with Gasteiger partial charge in [-0.1, -0.05) is 24.6 Å². The van der Waals surface area contributed by atoms with Crippen molar-refractivity contribution in [2.45, 2.75) is 13.3 Å². The minimum absolute atomic E-state index is 0.170. The molecule has 1 aromatic rings. The van der Waals surface area contributed by atoms with Gasteiger partial charge in [-0.15, -0.1) is 5.10 Å². The average Bonchev–Trinajstić information content (AvgIpc) is 2.32. The van der Waals surface area contributed by atoms with Crippen LogP contribution in [0.5, 0.6) is 5.75 Å². The van der Waals surface area contributed by atoms with Crippen molar-refractivity contribution in [3.63, 3.8) is 0 Å². The van der Waals surface area contributed by atoms with Crippen LogP contribution in [-0.2, 0) is 0 Å². The number of hydrogen-bond donors (Lipinski definition) is 1. The molecule has 0 aromatic heterocycles. The Morgan fingerprint density at radius 2 is 2.18 bits per heavy atom. The summed E-state index contributed by atoms with van der Waals surface area (Å²) in [6, 6.07) is 5.51. The number of benzene rings is 1. The van der Waals surface area contributed by atoms with Gasteiger partial charge < -0.3 is 10.5 Å². The number of ether oxygens (including phenoxy) is 1. The summed E-state index contributed by atoms with van der Waals surface area (Å²) in [7, 11) is 1.61. The SMILES string of the molecule is COc1cccc(Cl)c1C1=NN=C(N)C(C)C1. The molecule has 5 heteroatoms. The van der Waals surface area contributed by atoms with E-state index >= 15 is 0 Å². The number of nitrogens with zero attached hydrogens (tertiary/aromatic N) is 2. The molecule has 1 unspecified atom stereocenters. The number of amidine groups is 1. The van der Waals surface area contributed by atoms with Crippen LogP contribution < -0.4 is 10.5 Å². The summed E-state index contributed by atoms with van der Waals surface area (Å²) in [6.07, 6.45) is 0.718. The van der Waals surface area contributed by atoms with Crippen LogP contribution in [0.3, 0.4) is 0 Å². The molecule has 0 fully saturated rings. The Morgan fingerprint density at radius 3 is 2.82 bits per heavy atom. The van der Waals surface area contributed by atoms with Crippen molar-refractivity contribution < 1.29 is 4.74 Å². The van der Waals surface area contributed by atoms with Crippen LogP contribution in [0.4, 0.5) is 0 Å². The topological polar surface area (TPSA) is 60.0 Å². The highest BCUT2D eigenvalue weighted by atomic mass is 35.5. The van der Waals surface area contributed by atoms with E-state index in [-0.39, 0.29) is 5.92 Å². The van der Waals surface area contributed by atoms with Gasteiger partial charge in [-0.3, -0.25) is 0 Å². The van der Waals surface area contributed by atoms with E-state index in [0.717, 1.165) is 17.7 Å². The smallest absolute Gasteiger partial charge is 0.129 e. The van der Waals surface area contributed by atoms with Crippen molar-refractivity contribution in [3.05, 3.63) is 28.8 Å². The van der Waals surface area contributed by atoms with E-state index in [4.69, 9.17) is 22.1 Å². The van der Waals surface area contributed by atoms with Gasteiger partial charge in [0, 0.05) is 12.3 Å². The van der Waals surface area contributed by atoms with E-state index < -0.39 is 0 Å². The molecule has 1 atom stereocenters. The van der Waals surface area contributed by atoms with Crippen molar-refractivity contribution >= 4 is 23.1 Å². The lowest BCUT2D eigenvalue weighted by Crippen LogP contribution is -2.27. The molecule has 2 N–H and O–H groups in total. The third-order valence-electron chi connectivity index (χ3n) is 2.77. The summed E-state index contributed by atoms with van der Waals surface area (Å²) < 4.78 is 5.30. The lowest BCUT2D eigenvalue weighted by atomic mass is 9.96. The minimum Gasteiger partial charge on any atom is -0.496 e. The van der Waals surface area contributed by atoms with Crippen LogP contribution in [0.2, 0.25) is 5.02 Å². The zero-order chi connectivity index (χ0) is 12.4. The molecule has 0 spiro atoms. The number of nitrogens with two attached hydrogens (primary N) is 1. The van der Waals surface area contributed by atoms with E-state index in [0.29, 0.717) is 16.6 Å². The Morgan fingerprint density at radius 1 is 1.41 bits per heavy atom. The fourth-order valence-electron chi connectivity index (χ4n) is 1.76. The molecule has 0 radical (unpaired) electrons. The summed E-state index contributed by atoms with van der Waals surface area (Å²) in [5.74, 6) is 1.43. The molecular formula is C12H14ClN3O. The second-order valence-corrected chi connectivity index (χ2v) is 4.40. The third-order valence-corrected chi connectivity index (χ3v) is 3.09. The Bertz CT molecular complexity index is 497. The van der Waals surface area contributed by atoms with Gasteiger partial charge in [0.05, 0.1) is 23.4 Å². The quantitative estimate of drug-likeness (QED) is 0.878. The Balaban J connectivity index is 2.48. The molecule has 0 aliphatic carbocycles. The predicted octanol–water partition coefficient (Wildman–Crippen LogP) is 2.45. The van der Waals surface area contributed by atoms with Crippen LogP contribution in [0, 0.1) is 5.92 Å². The summed E-state index contributed by atoms with van der Waals surface area (Å²) in [4.78, 5) is 0. The first kappa shape index (κ1) is 11.9. The molecule has 0 amide bonds. The fraction of sp³-hybridized carbons (Fsp3) is 0.333. The zero-order valence-electron chi connectivity index (χ0n) is 9.77. The van der Waals surface area contributed by atoms with Crippen molar-refractivity contribution in [2.75, 3.05) is 7.11 Å². The fourth-order valence-corrected chi connectivity index (χ4v) is 2.03. The monoisotopic (exact) mass is 251 g/mol. The largest absolute Gasteiger partial charge is 0.496 e. The first-order chi connectivity index (χ1) is 8.13. The molecule has 0 saturated heterocycles. The molecule has 0 bridgehead atoms. The van der Waals surface area contributed by atoms with Gasteiger partial charge in [0.2, 0.25) is 0 Å². The lowest BCUT2D eigenvalue weighted by molar-refractivity contribution is 0.413. The summed E-state index contributed by atoms with van der Waals surface area (Å²) in [6.45, 7) is 2.01. The minimum atomic E-state index is 0.170. The van der Waals surface area contributed by atoms with Crippen LogP contribution >= 0.6 is 11.6 Å². The normalized spacial score (nSPS) is 19.6. The van der Waals surface area contributed by atoms with Crippen molar-refractivity contribution in [1.82, 2.24) is 0 Å². The van der Waals surface area contributed by atoms with Crippen LogP contribution in [-0.4, -0.2) is 18.7 Å². The first-order valence-electron chi connectivity index (χ1n) is 5.36. The highest BCUT2D eigenvalue weighted by Gasteiger charge is 2.21. The number of halogens is 1. The van der Waals surface area contributed by atoms with Gasteiger partial charge in [0.1, 0.15) is 11.6 Å². The number of rotatable bonds is 2. The molecule has 1 heterocycles. The molecule has 1 aromatic carbocycles. The average molecular weight is 252 g/mol. The molecule has 4 nitrogen and oxygen atoms in total. The maximum atomic E-state index is 6.19. The van der Waals surface area contributed by atoms with E-state index in [1.165, 1.54) is 0 Å². The van der Waals surface area contributed by atoms with Gasteiger partial charge in [0.15, 0.2) is 0 Å². The number of methoxy groups -OCH3 is 1. The molecule has 1 aliphatic heterocycles. The molecule has 17 heavy (non-hydrogen) atoms. The van der Waals surface area contributed by atoms with Crippen LogP contribution in [0.15, 0.2) is 28.4 Å². The van der Waals surface area contributed by atoms with Gasteiger partial charge in [-0.05, 0) is 12.1 Å². The van der Waals surface area contributed by atoms with E-state index in [2.05, 4.69) is 10.2 Å². The third kappa shape index (κ3) is 2.26. The molecule has 1 aliphatic rings. The Kier molecular flexibility index (Phi) is 3.33. The molecule has 0 saturated carbocycles. The summed E-state index contributed by atoms with van der Waals surface area (Å²) >= 11 is 6.19. The second-order valence-electron chi connectivity index (χ2n) is 3.99. The van der Waals surface area contributed by atoms with Crippen molar-refractivity contribution in [1.29, 1.82) is 0 Å². The highest BCUT2D eigenvalue weighted by molar-refractivity contribution is 6.34. The Hall–Kier alpha value is -1.55. The number of hydrogen-bond acceptors (Lipinski definition) is 4. The maximum Gasteiger partial charge on any atom is 0.129 e. The second kappa shape index (κ2) is 4.75. The van der Waals surface area contributed by atoms with Crippen molar-refractivity contribution in [2.24, 2.45) is 21.9 Å². The lowest BCUT2D eigenvalue weighted by Gasteiger charge is -2.18. The first-order valence-corrected chi connectivity index (χ1v) is 5.74. The van der Waals surface area contributed by atoms with Crippen LogP contribution in [0.25, 0.3) is 0 Å². The highest BCUT2D eigenvalue weighted by Crippen LogP contribution is 2.30. The zero-order valence-corrected chi connectivity index (χ0v) is 10.5. The molecule has 2 rings (SSSR count). The van der Waals surface area contributed by atoms with E-state index in [1.807, 2.05) is 25.1 Å². The maximum absolute atomic E-state index is 6.19. The van der Waals surface area contributed by atoms with E-state index in [9.17, 15) is 0 Å². The summed E-state index contributed by atoms with van der Waals surface area (Å²) in [5.41, 5.74) is 7.33. The Labute approximate surface area is 105 Å². The molecular weight excluding hydrogens is 238 g/mol. The van der Waals surface area contributed by atoms with Crippen molar-refractivity contribution in [3.8, 4) is 5.75 Å². The van der Waals surface area contributed by atoms with Crippen LogP contribution in [0.1, 0.15) is 18.9 Å². The van der Waals surface area contributed by atoms with Gasteiger partial charge >= 0.3 is 0 Å².